The standard InChI is InChI=1S/C13H21N5/c1-4-7-18(11-5-6-15-9-11)13-12(8-14)10(2)16-17(13)3/h11,15H,4-7,9H2,1-3H3. The topological polar surface area (TPSA) is 56.9 Å². The van der Waals surface area contributed by atoms with Gasteiger partial charge < -0.3 is 10.2 Å². The highest BCUT2D eigenvalue weighted by Crippen LogP contribution is 2.26. The summed E-state index contributed by atoms with van der Waals surface area (Å²) in [4.78, 5) is 2.35. The second-order valence-corrected chi connectivity index (χ2v) is 4.86. The van der Waals surface area contributed by atoms with Crippen molar-refractivity contribution in [3.63, 3.8) is 0 Å². The zero-order chi connectivity index (χ0) is 13.1. The molecule has 0 saturated carbocycles. The molecule has 1 aromatic rings. The number of aryl methyl sites for hydroxylation is 2. The first-order valence-corrected chi connectivity index (χ1v) is 6.60. The molecule has 18 heavy (non-hydrogen) atoms. The molecule has 5 heteroatoms. The summed E-state index contributed by atoms with van der Waals surface area (Å²) in [5.41, 5.74) is 1.54. The second kappa shape index (κ2) is 5.40. The van der Waals surface area contributed by atoms with Crippen molar-refractivity contribution in [1.29, 1.82) is 5.26 Å². The summed E-state index contributed by atoms with van der Waals surface area (Å²) in [6.07, 6.45) is 2.21. The summed E-state index contributed by atoms with van der Waals surface area (Å²) in [5, 5.41) is 17.1. The summed E-state index contributed by atoms with van der Waals surface area (Å²) in [5.74, 6) is 0.977. The van der Waals surface area contributed by atoms with Crippen LogP contribution in [0, 0.1) is 18.3 Å². The van der Waals surface area contributed by atoms with E-state index in [0.717, 1.165) is 49.6 Å². The van der Waals surface area contributed by atoms with Gasteiger partial charge in [-0.05, 0) is 26.3 Å². The van der Waals surface area contributed by atoms with Crippen LogP contribution in [0.15, 0.2) is 0 Å². The zero-order valence-electron chi connectivity index (χ0n) is 11.4. The zero-order valence-corrected chi connectivity index (χ0v) is 11.4. The predicted octanol–water partition coefficient (Wildman–Crippen LogP) is 1.18. The molecule has 1 aromatic heterocycles. The van der Waals surface area contributed by atoms with Crippen LogP contribution in [0.25, 0.3) is 0 Å². The van der Waals surface area contributed by atoms with E-state index in [1.807, 2.05) is 18.7 Å². The normalized spacial score (nSPS) is 18.9. The lowest BCUT2D eigenvalue weighted by Crippen LogP contribution is -2.39. The Bertz CT molecular complexity index is 451. The molecule has 0 radical (unpaired) electrons. The number of nitrogens with one attached hydrogen (secondary N) is 1. The maximum Gasteiger partial charge on any atom is 0.145 e. The van der Waals surface area contributed by atoms with Gasteiger partial charge in [0.15, 0.2) is 0 Å². The van der Waals surface area contributed by atoms with Gasteiger partial charge in [0.1, 0.15) is 17.5 Å². The van der Waals surface area contributed by atoms with Gasteiger partial charge in [-0.3, -0.25) is 4.68 Å². The van der Waals surface area contributed by atoms with E-state index in [-0.39, 0.29) is 0 Å². The first-order chi connectivity index (χ1) is 8.69. The van der Waals surface area contributed by atoms with E-state index < -0.39 is 0 Å². The van der Waals surface area contributed by atoms with E-state index in [2.05, 4.69) is 28.3 Å². The van der Waals surface area contributed by atoms with Crippen LogP contribution >= 0.6 is 0 Å². The minimum Gasteiger partial charge on any atom is -0.351 e. The van der Waals surface area contributed by atoms with Crippen LogP contribution in [0.4, 0.5) is 5.82 Å². The van der Waals surface area contributed by atoms with Crippen LogP contribution in [0.1, 0.15) is 31.0 Å². The van der Waals surface area contributed by atoms with Gasteiger partial charge in [0.05, 0.1) is 5.69 Å². The molecule has 0 bridgehead atoms. The number of anilines is 1. The van der Waals surface area contributed by atoms with Crippen LogP contribution in [0.2, 0.25) is 0 Å². The summed E-state index contributed by atoms with van der Waals surface area (Å²) >= 11 is 0. The third-order valence-electron chi connectivity index (χ3n) is 3.52. The van der Waals surface area contributed by atoms with Gasteiger partial charge in [-0.15, -0.1) is 0 Å². The van der Waals surface area contributed by atoms with Crippen LogP contribution in [-0.4, -0.2) is 35.5 Å². The highest BCUT2D eigenvalue weighted by molar-refractivity contribution is 5.57. The molecule has 1 atom stereocenters. The number of rotatable bonds is 4. The maximum atomic E-state index is 9.33. The van der Waals surface area contributed by atoms with Gasteiger partial charge in [-0.2, -0.15) is 10.4 Å². The van der Waals surface area contributed by atoms with E-state index in [0.29, 0.717) is 6.04 Å². The Labute approximate surface area is 108 Å². The summed E-state index contributed by atoms with van der Waals surface area (Å²) in [6, 6.07) is 2.78. The van der Waals surface area contributed by atoms with E-state index in [9.17, 15) is 5.26 Å². The number of nitriles is 1. The summed E-state index contributed by atoms with van der Waals surface area (Å²) < 4.78 is 1.85. The van der Waals surface area contributed by atoms with Gasteiger partial charge in [-0.1, -0.05) is 6.92 Å². The van der Waals surface area contributed by atoms with Gasteiger partial charge in [0.2, 0.25) is 0 Å². The Morgan fingerprint density at radius 2 is 2.39 bits per heavy atom. The molecule has 0 amide bonds. The molecule has 1 aliphatic rings. The lowest BCUT2D eigenvalue weighted by atomic mass is 10.1. The van der Waals surface area contributed by atoms with Gasteiger partial charge in [-0.25, -0.2) is 0 Å². The largest absolute Gasteiger partial charge is 0.351 e. The Morgan fingerprint density at radius 1 is 1.61 bits per heavy atom. The molecule has 98 valence electrons. The molecule has 0 aromatic carbocycles. The van der Waals surface area contributed by atoms with Crippen molar-refractivity contribution in [2.75, 3.05) is 24.5 Å². The minimum atomic E-state index is 0.479. The molecule has 1 unspecified atom stereocenters. The molecule has 0 spiro atoms. The smallest absolute Gasteiger partial charge is 0.145 e. The predicted molar refractivity (Wildman–Crippen MR) is 71.6 cm³/mol. The molecule has 1 saturated heterocycles. The molecule has 1 aliphatic heterocycles. The fourth-order valence-corrected chi connectivity index (χ4v) is 2.71. The van der Waals surface area contributed by atoms with Crippen LogP contribution in [-0.2, 0) is 7.05 Å². The summed E-state index contributed by atoms with van der Waals surface area (Å²) in [6.45, 7) is 7.10. The molecule has 5 nitrogen and oxygen atoms in total. The van der Waals surface area contributed by atoms with Crippen molar-refractivity contribution in [3.8, 4) is 6.07 Å². The maximum absolute atomic E-state index is 9.33. The van der Waals surface area contributed by atoms with Crippen molar-refractivity contribution < 1.29 is 0 Å². The average molecular weight is 247 g/mol. The molecule has 2 rings (SSSR count). The van der Waals surface area contributed by atoms with Crippen molar-refractivity contribution in [2.45, 2.75) is 32.7 Å². The van der Waals surface area contributed by atoms with Gasteiger partial charge in [0, 0.05) is 26.2 Å². The third-order valence-corrected chi connectivity index (χ3v) is 3.52. The van der Waals surface area contributed by atoms with Crippen molar-refractivity contribution in [2.24, 2.45) is 7.05 Å². The monoisotopic (exact) mass is 247 g/mol. The van der Waals surface area contributed by atoms with Crippen molar-refractivity contribution >= 4 is 5.82 Å². The fraction of sp³-hybridized carbons (Fsp3) is 0.692. The lowest BCUT2D eigenvalue weighted by Gasteiger charge is -2.30. The lowest BCUT2D eigenvalue weighted by molar-refractivity contribution is 0.595. The number of hydrogen-bond acceptors (Lipinski definition) is 4. The third kappa shape index (κ3) is 2.21. The highest BCUT2D eigenvalue weighted by Gasteiger charge is 2.27. The first kappa shape index (κ1) is 12.9. The van der Waals surface area contributed by atoms with Crippen molar-refractivity contribution in [1.82, 2.24) is 15.1 Å². The van der Waals surface area contributed by atoms with Crippen LogP contribution < -0.4 is 10.2 Å². The minimum absolute atomic E-state index is 0.479. The first-order valence-electron chi connectivity index (χ1n) is 6.60. The Morgan fingerprint density at radius 3 is 2.94 bits per heavy atom. The van der Waals surface area contributed by atoms with E-state index >= 15 is 0 Å². The van der Waals surface area contributed by atoms with E-state index in [1.165, 1.54) is 0 Å². The van der Waals surface area contributed by atoms with Crippen LogP contribution in [0.5, 0.6) is 0 Å². The number of hydrogen-bond donors (Lipinski definition) is 1. The van der Waals surface area contributed by atoms with Crippen LogP contribution in [0.3, 0.4) is 0 Å². The summed E-state index contributed by atoms with van der Waals surface area (Å²) in [7, 11) is 1.92. The molecule has 0 aliphatic carbocycles. The Balaban J connectivity index is 2.38. The van der Waals surface area contributed by atoms with E-state index in [4.69, 9.17) is 0 Å². The number of aromatic nitrogens is 2. The molecule has 1 N–H and O–H groups in total. The van der Waals surface area contributed by atoms with Crippen molar-refractivity contribution in [3.05, 3.63) is 11.3 Å². The second-order valence-electron chi connectivity index (χ2n) is 4.86. The highest BCUT2D eigenvalue weighted by atomic mass is 15.4. The molecular formula is C13H21N5. The SMILES string of the molecule is CCCN(c1c(C#N)c(C)nn1C)C1CCNC1. The molecule has 2 heterocycles. The van der Waals surface area contributed by atoms with Gasteiger partial charge >= 0.3 is 0 Å². The molecule has 1 fully saturated rings. The Kier molecular flexibility index (Phi) is 3.87. The van der Waals surface area contributed by atoms with Gasteiger partial charge in [0.25, 0.3) is 0 Å². The quantitative estimate of drug-likeness (QED) is 0.868. The fourth-order valence-electron chi connectivity index (χ4n) is 2.71. The Hall–Kier alpha value is -1.54. The molecular weight excluding hydrogens is 226 g/mol. The number of nitrogens with zero attached hydrogens (tertiary/aromatic N) is 4. The van der Waals surface area contributed by atoms with E-state index in [1.54, 1.807) is 0 Å². The average Bonchev–Trinajstić information content (AvgIpc) is 2.94.